The molecule has 0 saturated carbocycles. The Hall–Kier alpha value is 0.642. The molecule has 0 unspecified atom stereocenters. The summed E-state index contributed by atoms with van der Waals surface area (Å²) < 4.78 is 0. The fourth-order valence-corrected chi connectivity index (χ4v) is 0.426. The van der Waals surface area contributed by atoms with Crippen LogP contribution in [0, 0.1) is 44.0 Å². The van der Waals surface area contributed by atoms with Gasteiger partial charge in [-0.05, 0) is 20.4 Å². The first kappa shape index (κ1) is 21.9. The second kappa shape index (κ2) is 10.8. The largest absolute Gasteiger partial charge is 2.00 e. The molecule has 0 spiro atoms. The zero-order valence-electron chi connectivity index (χ0n) is 11.6. The molecule has 16 heavy (non-hydrogen) atoms. The summed E-state index contributed by atoms with van der Waals surface area (Å²) in [4.78, 5) is 10.3. The van der Waals surface area contributed by atoms with E-state index >= 15 is 0 Å². The minimum atomic E-state index is -0.139. The van der Waals surface area contributed by atoms with Gasteiger partial charge in [-0.3, -0.25) is 10.9 Å². The molecule has 4 heteroatoms. The maximum atomic E-state index is 10.3. The summed E-state index contributed by atoms with van der Waals surface area (Å²) in [6.45, 7) is 13.4. The van der Waals surface area contributed by atoms with Crippen LogP contribution < -0.4 is 5.84 Å². The van der Waals surface area contributed by atoms with Gasteiger partial charge in [0, 0.05) is 0 Å². The average Bonchev–Trinajstić information content (AvgIpc) is 2.00. The molecule has 0 rings (SSSR count). The summed E-state index contributed by atoms with van der Waals surface area (Å²) in [5.41, 5.74) is -0.139. The van der Waals surface area contributed by atoms with E-state index in [0.29, 0.717) is 6.42 Å². The van der Waals surface area contributed by atoms with Crippen molar-refractivity contribution < 1.29 is 35.9 Å². The smallest absolute Gasteiger partial charge is 0.322 e. The van der Waals surface area contributed by atoms with E-state index in [2.05, 4.69) is 6.92 Å². The van der Waals surface area contributed by atoms with Crippen LogP contribution >= 0.6 is 0 Å². The molecule has 0 aliphatic carbocycles. The second-order valence-corrected chi connectivity index (χ2v) is 4.83. The van der Waals surface area contributed by atoms with Crippen LogP contribution in [0.2, 0.25) is 0 Å². The Morgan fingerprint density at radius 3 is 1.81 bits per heavy atom. The summed E-state index contributed by atoms with van der Waals surface area (Å²) >= 11 is 0. The molecule has 0 saturated heterocycles. The summed E-state index contributed by atoms with van der Waals surface area (Å²) in [5, 5.41) is 1.58. The van der Waals surface area contributed by atoms with Gasteiger partial charge in [0.2, 0.25) is 0 Å². The summed E-state index contributed by atoms with van der Waals surface area (Å²) in [6.07, 6.45) is 1.66. The van der Waals surface area contributed by atoms with E-state index in [-0.39, 0.29) is 42.4 Å². The molecule has 3 nitrogen and oxygen atoms in total. The molecule has 0 amide bonds. The molecule has 0 aromatic rings. The fourth-order valence-electron chi connectivity index (χ4n) is 0.426. The van der Waals surface area contributed by atoms with Gasteiger partial charge in [-0.2, -0.15) is 20.3 Å². The van der Waals surface area contributed by atoms with Crippen molar-refractivity contribution in [2.75, 3.05) is 7.05 Å². The van der Waals surface area contributed by atoms with E-state index in [9.17, 15) is 4.79 Å². The van der Waals surface area contributed by atoms with Crippen molar-refractivity contribution in [2.24, 2.45) is 5.84 Å². The Morgan fingerprint density at radius 1 is 1.44 bits per heavy atom. The molecule has 0 atom stereocenters. The van der Waals surface area contributed by atoms with Crippen LogP contribution in [0.4, 0.5) is 0 Å². The zero-order chi connectivity index (χ0) is 12.6. The van der Waals surface area contributed by atoms with Gasteiger partial charge >= 0.3 is 31.1 Å². The molecule has 0 aliphatic rings. The first-order valence-electron chi connectivity index (χ1n) is 5.19. The molecular weight excluding hydrogens is 426 g/mol. The summed E-state index contributed by atoms with van der Waals surface area (Å²) in [6, 6.07) is 0. The average molecular weight is 452 g/mol. The summed E-state index contributed by atoms with van der Waals surface area (Å²) in [7, 11) is 1.80. The predicted molar refractivity (Wildman–Crippen MR) is 65.9 cm³/mol. The topological polar surface area (TPSA) is 46.3 Å². The van der Waals surface area contributed by atoms with Crippen molar-refractivity contribution in [3.05, 3.63) is 12.8 Å². The molecule has 2 N–H and O–H groups in total. The van der Waals surface area contributed by atoms with Crippen molar-refractivity contribution in [3.63, 3.8) is 0 Å². The standard InChI is InChI=1S/C7H13O.C5H13N2.U/c1-6(2)4-5-7(3)8;1-5(2,3)7(4)6;/h4-5H2,1-3H3;1,6H2,2-4H3;/q2*-1;+2. The van der Waals surface area contributed by atoms with Crippen molar-refractivity contribution >= 4 is 5.78 Å². The number of carbonyl (C=O) groups is 1. The molecule has 0 bridgehead atoms. The van der Waals surface area contributed by atoms with E-state index < -0.39 is 0 Å². The maximum Gasteiger partial charge on any atom is 2.00 e. The van der Waals surface area contributed by atoms with Gasteiger partial charge in [0.15, 0.2) is 0 Å². The van der Waals surface area contributed by atoms with Gasteiger partial charge in [0.1, 0.15) is 5.78 Å². The van der Waals surface area contributed by atoms with E-state index in [0.717, 1.165) is 6.42 Å². The first-order chi connectivity index (χ1) is 6.57. The molecule has 0 aliphatic heterocycles. The van der Waals surface area contributed by atoms with Crippen LogP contribution in [0.15, 0.2) is 0 Å². The quantitative estimate of drug-likeness (QED) is 0.405. The van der Waals surface area contributed by atoms with Crippen molar-refractivity contribution in [1.82, 2.24) is 5.01 Å². The van der Waals surface area contributed by atoms with Crippen LogP contribution in [0.25, 0.3) is 0 Å². The Bertz CT molecular complexity index is 174. The molecule has 0 radical (unpaired) electrons. The monoisotopic (exact) mass is 452 g/mol. The summed E-state index contributed by atoms with van der Waals surface area (Å²) in [5.74, 6) is 6.96. The van der Waals surface area contributed by atoms with Crippen LogP contribution in [0.1, 0.15) is 47.5 Å². The first-order valence-corrected chi connectivity index (χ1v) is 5.19. The fraction of sp³-hybridized carbons (Fsp3) is 0.750. The van der Waals surface area contributed by atoms with Gasteiger partial charge in [-0.15, -0.1) is 0 Å². The normalized spacial score (nSPS) is 10.6. The second-order valence-electron chi connectivity index (χ2n) is 4.83. The van der Waals surface area contributed by atoms with Gasteiger partial charge in [-0.25, -0.2) is 0 Å². The Labute approximate surface area is 125 Å². The molecule has 0 fully saturated rings. The third-order valence-electron chi connectivity index (χ3n) is 1.93. The van der Waals surface area contributed by atoms with Crippen LogP contribution in [-0.2, 0) is 4.79 Å². The maximum absolute atomic E-state index is 10.3. The number of hydrogen-bond acceptors (Lipinski definition) is 3. The van der Waals surface area contributed by atoms with Crippen LogP contribution in [-0.4, -0.2) is 23.4 Å². The van der Waals surface area contributed by atoms with Crippen molar-refractivity contribution in [1.29, 1.82) is 0 Å². The molecule has 94 valence electrons. The Morgan fingerprint density at radius 2 is 1.75 bits per heavy atom. The number of nitrogens with two attached hydrogens (primary N) is 1. The number of hydrogen-bond donors (Lipinski definition) is 1. The van der Waals surface area contributed by atoms with E-state index in [1.807, 2.05) is 27.7 Å². The van der Waals surface area contributed by atoms with Gasteiger partial charge in [0.25, 0.3) is 0 Å². The number of rotatable bonds is 4. The van der Waals surface area contributed by atoms with Gasteiger partial charge in [0.05, 0.1) is 0 Å². The number of ketones is 1. The van der Waals surface area contributed by atoms with Crippen LogP contribution in [0.5, 0.6) is 0 Å². The van der Waals surface area contributed by atoms with Crippen LogP contribution in [0.3, 0.4) is 0 Å². The third kappa shape index (κ3) is 20.1. The number of nitrogens with zero attached hydrogens (tertiary/aromatic N) is 1. The Balaban J connectivity index is -0.000000200. The van der Waals surface area contributed by atoms with E-state index in [4.69, 9.17) is 5.84 Å². The molecule has 0 aromatic carbocycles. The van der Waals surface area contributed by atoms with Gasteiger partial charge < -0.3 is 17.6 Å². The zero-order valence-corrected chi connectivity index (χ0v) is 15.7. The van der Waals surface area contributed by atoms with Gasteiger partial charge in [-0.1, -0.05) is 19.4 Å². The molecular formula is C12H26N2OU. The third-order valence-corrected chi connectivity index (χ3v) is 1.93. The number of hydrazine groups is 1. The van der Waals surface area contributed by atoms with Crippen molar-refractivity contribution in [3.8, 4) is 0 Å². The number of carbonyl (C=O) groups excluding carboxylic acids is 1. The number of Topliss-reactive ketones (excluding diaryl/α,β-unsaturated/α-hetero) is 1. The van der Waals surface area contributed by atoms with E-state index in [1.165, 1.54) is 5.92 Å². The van der Waals surface area contributed by atoms with Crippen molar-refractivity contribution in [2.45, 2.75) is 53.0 Å². The van der Waals surface area contributed by atoms with E-state index in [1.54, 1.807) is 19.0 Å². The minimum absolute atomic E-state index is 0. The molecule has 0 aromatic heterocycles. The Kier molecular flexibility index (Phi) is 14.7. The molecule has 0 heterocycles. The minimum Gasteiger partial charge on any atom is -0.322 e. The SMILES string of the molecule is CC(=O)CC[C-](C)C.[CH2-]C(C)(C)N(C)N.[U+2]. The predicted octanol–water partition coefficient (Wildman–Crippen LogP) is 2.37.